The molecule has 6 nitrogen and oxygen atoms in total. The molecular formula is C18H23NO5. The average molecular weight is 333 g/mol. The van der Waals surface area contributed by atoms with Gasteiger partial charge in [-0.25, -0.2) is 4.79 Å². The maximum Gasteiger partial charge on any atom is 0.339 e. The minimum absolute atomic E-state index is 0.0412. The van der Waals surface area contributed by atoms with Crippen LogP contribution in [0.5, 0.6) is 5.75 Å². The Morgan fingerprint density at radius 1 is 1.21 bits per heavy atom. The fraction of sp³-hybridized carbons (Fsp3) is 0.556. The Morgan fingerprint density at radius 3 is 2.38 bits per heavy atom. The molecule has 1 aromatic carbocycles. The molecule has 2 fully saturated rings. The summed E-state index contributed by atoms with van der Waals surface area (Å²) >= 11 is 0. The van der Waals surface area contributed by atoms with Gasteiger partial charge >= 0.3 is 5.97 Å². The molecule has 1 aromatic rings. The van der Waals surface area contributed by atoms with Gasteiger partial charge in [-0.3, -0.25) is 4.79 Å². The summed E-state index contributed by atoms with van der Waals surface area (Å²) in [6, 6.07) is 3.34. The first-order valence-electron chi connectivity index (χ1n) is 8.50. The molecule has 130 valence electrons. The van der Waals surface area contributed by atoms with Gasteiger partial charge in [0.2, 0.25) is 0 Å². The fourth-order valence-electron chi connectivity index (χ4n) is 3.76. The van der Waals surface area contributed by atoms with E-state index in [0.717, 1.165) is 12.8 Å². The molecule has 24 heavy (non-hydrogen) atoms. The highest BCUT2D eigenvalue weighted by molar-refractivity contribution is 6.00. The van der Waals surface area contributed by atoms with E-state index in [0.29, 0.717) is 43.1 Å². The second kappa shape index (κ2) is 6.81. The van der Waals surface area contributed by atoms with Crippen molar-refractivity contribution in [2.45, 2.75) is 45.2 Å². The molecule has 2 heterocycles. The molecule has 3 rings (SSSR count). The van der Waals surface area contributed by atoms with Crippen LogP contribution in [0.2, 0.25) is 0 Å². The van der Waals surface area contributed by atoms with Gasteiger partial charge in [0.25, 0.3) is 5.91 Å². The highest BCUT2D eigenvalue weighted by atomic mass is 16.5. The van der Waals surface area contributed by atoms with E-state index < -0.39 is 5.97 Å². The first-order chi connectivity index (χ1) is 11.6. The summed E-state index contributed by atoms with van der Waals surface area (Å²) in [6.45, 7) is 5.23. The molecule has 0 radical (unpaired) electrons. The standard InChI is InChI=1S/C18H23NO5/c1-3-13-14(7-8-15(18(21)22)16(13)24-4-2)17(20)19-11-5-6-12(19)10-23-9-11/h7-8,11-12H,3-6,9-10H2,1-2H3,(H,21,22). The average Bonchev–Trinajstić information content (AvgIpc) is 2.82. The number of amides is 1. The summed E-state index contributed by atoms with van der Waals surface area (Å²) in [5.41, 5.74) is 1.33. The summed E-state index contributed by atoms with van der Waals surface area (Å²) in [6.07, 6.45) is 2.46. The van der Waals surface area contributed by atoms with Crippen LogP contribution in [0.3, 0.4) is 0 Å². The Labute approximate surface area is 141 Å². The van der Waals surface area contributed by atoms with Crippen LogP contribution in [0, 0.1) is 0 Å². The van der Waals surface area contributed by atoms with E-state index in [9.17, 15) is 14.7 Å². The normalized spacial score (nSPS) is 22.5. The van der Waals surface area contributed by atoms with Gasteiger partial charge in [0.15, 0.2) is 0 Å². The van der Waals surface area contributed by atoms with Gasteiger partial charge in [0.1, 0.15) is 11.3 Å². The zero-order valence-corrected chi connectivity index (χ0v) is 14.1. The van der Waals surface area contributed by atoms with Crippen LogP contribution >= 0.6 is 0 Å². The quantitative estimate of drug-likeness (QED) is 0.895. The summed E-state index contributed by atoms with van der Waals surface area (Å²) in [5.74, 6) is -0.766. The second-order valence-corrected chi connectivity index (χ2v) is 6.19. The van der Waals surface area contributed by atoms with Crippen molar-refractivity contribution in [1.82, 2.24) is 4.90 Å². The van der Waals surface area contributed by atoms with E-state index in [1.807, 2.05) is 18.7 Å². The lowest BCUT2D eigenvalue weighted by molar-refractivity contribution is -0.00724. The lowest BCUT2D eigenvalue weighted by atomic mass is 9.98. The zero-order chi connectivity index (χ0) is 17.3. The topological polar surface area (TPSA) is 76.1 Å². The first-order valence-corrected chi connectivity index (χ1v) is 8.50. The number of carboxylic acid groups (broad SMARTS) is 1. The summed E-state index contributed by atoms with van der Waals surface area (Å²) in [5, 5.41) is 9.39. The van der Waals surface area contributed by atoms with Crippen LogP contribution in [0.15, 0.2) is 12.1 Å². The van der Waals surface area contributed by atoms with Crippen LogP contribution in [-0.4, -0.2) is 53.8 Å². The molecule has 2 aliphatic heterocycles. The lowest BCUT2D eigenvalue weighted by Gasteiger charge is -2.35. The minimum Gasteiger partial charge on any atom is -0.493 e. The molecule has 0 aliphatic carbocycles. The third-order valence-electron chi connectivity index (χ3n) is 4.84. The number of morpholine rings is 1. The molecule has 0 aromatic heterocycles. The van der Waals surface area contributed by atoms with Gasteiger partial charge in [-0.05, 0) is 38.3 Å². The van der Waals surface area contributed by atoms with Crippen LogP contribution in [0.25, 0.3) is 0 Å². The minimum atomic E-state index is -1.04. The van der Waals surface area contributed by atoms with Crippen LogP contribution in [0.4, 0.5) is 0 Å². The van der Waals surface area contributed by atoms with E-state index in [4.69, 9.17) is 9.47 Å². The van der Waals surface area contributed by atoms with Gasteiger partial charge < -0.3 is 19.5 Å². The van der Waals surface area contributed by atoms with Gasteiger partial charge in [-0.15, -0.1) is 0 Å². The molecule has 0 spiro atoms. The van der Waals surface area contributed by atoms with Crippen molar-refractivity contribution in [1.29, 1.82) is 0 Å². The third-order valence-corrected chi connectivity index (χ3v) is 4.84. The van der Waals surface area contributed by atoms with Crippen LogP contribution < -0.4 is 4.74 Å². The molecule has 6 heteroatoms. The zero-order valence-electron chi connectivity index (χ0n) is 14.1. The van der Waals surface area contributed by atoms with E-state index in [1.54, 1.807) is 6.07 Å². The van der Waals surface area contributed by atoms with Crippen molar-refractivity contribution in [3.05, 3.63) is 28.8 Å². The maximum absolute atomic E-state index is 13.1. The number of aromatic carboxylic acids is 1. The van der Waals surface area contributed by atoms with Crippen molar-refractivity contribution < 1.29 is 24.2 Å². The van der Waals surface area contributed by atoms with E-state index >= 15 is 0 Å². The first kappa shape index (κ1) is 16.8. The molecule has 2 unspecified atom stereocenters. The number of hydrogen-bond donors (Lipinski definition) is 1. The number of rotatable bonds is 5. The van der Waals surface area contributed by atoms with Crippen molar-refractivity contribution in [3.63, 3.8) is 0 Å². The highest BCUT2D eigenvalue weighted by Gasteiger charge is 2.41. The van der Waals surface area contributed by atoms with E-state index in [2.05, 4.69) is 0 Å². The monoisotopic (exact) mass is 333 g/mol. The largest absolute Gasteiger partial charge is 0.493 e. The number of benzene rings is 1. The van der Waals surface area contributed by atoms with Gasteiger partial charge in [-0.2, -0.15) is 0 Å². The molecule has 1 N–H and O–H groups in total. The van der Waals surface area contributed by atoms with Crippen molar-refractivity contribution in [2.75, 3.05) is 19.8 Å². The molecule has 2 aliphatic rings. The van der Waals surface area contributed by atoms with Crippen LogP contribution in [0.1, 0.15) is 53.0 Å². The number of carbonyl (C=O) groups is 2. The predicted octanol–water partition coefficient (Wildman–Crippen LogP) is 2.35. The van der Waals surface area contributed by atoms with Crippen LogP contribution in [-0.2, 0) is 11.2 Å². The molecule has 0 saturated carbocycles. The van der Waals surface area contributed by atoms with E-state index in [1.165, 1.54) is 6.07 Å². The Morgan fingerprint density at radius 2 is 1.83 bits per heavy atom. The number of carboxylic acids is 1. The molecule has 2 bridgehead atoms. The van der Waals surface area contributed by atoms with Gasteiger partial charge in [0, 0.05) is 11.1 Å². The second-order valence-electron chi connectivity index (χ2n) is 6.19. The Kier molecular flexibility index (Phi) is 4.76. The smallest absolute Gasteiger partial charge is 0.339 e. The van der Waals surface area contributed by atoms with Gasteiger partial charge in [0.05, 0.1) is 31.9 Å². The number of carbonyl (C=O) groups excluding carboxylic acids is 1. The number of fused-ring (bicyclic) bond motifs is 2. The summed E-state index contributed by atoms with van der Waals surface area (Å²) in [7, 11) is 0. The fourth-order valence-corrected chi connectivity index (χ4v) is 3.76. The van der Waals surface area contributed by atoms with Crippen molar-refractivity contribution in [2.24, 2.45) is 0 Å². The summed E-state index contributed by atoms with van der Waals surface area (Å²) in [4.78, 5) is 26.5. The number of hydrogen-bond acceptors (Lipinski definition) is 4. The Hall–Kier alpha value is -2.08. The Bertz CT molecular complexity index is 641. The molecule has 2 saturated heterocycles. The summed E-state index contributed by atoms with van der Waals surface area (Å²) < 4.78 is 11.1. The highest BCUT2D eigenvalue weighted by Crippen LogP contribution is 2.34. The third kappa shape index (κ3) is 2.75. The van der Waals surface area contributed by atoms with E-state index in [-0.39, 0.29) is 23.6 Å². The predicted molar refractivity (Wildman–Crippen MR) is 87.7 cm³/mol. The molecular weight excluding hydrogens is 310 g/mol. The maximum atomic E-state index is 13.1. The van der Waals surface area contributed by atoms with Crippen molar-refractivity contribution >= 4 is 11.9 Å². The number of ether oxygens (including phenoxy) is 2. The Balaban J connectivity index is 2.02. The van der Waals surface area contributed by atoms with Gasteiger partial charge in [-0.1, -0.05) is 6.92 Å². The molecule has 2 atom stereocenters. The number of nitrogens with zero attached hydrogens (tertiary/aromatic N) is 1. The SMILES string of the molecule is CCOc1c(C(=O)O)ccc(C(=O)N2C3CCC2COC3)c1CC. The van der Waals surface area contributed by atoms with Crippen molar-refractivity contribution in [3.8, 4) is 5.75 Å². The molecule has 1 amide bonds. The lowest BCUT2D eigenvalue weighted by Crippen LogP contribution is -2.49.